The Morgan fingerprint density at radius 3 is 2.04 bits per heavy atom. The molecule has 0 aliphatic carbocycles. The molecule has 1 fully saturated rings. The molecule has 0 saturated carbocycles. The summed E-state index contributed by atoms with van der Waals surface area (Å²) in [5, 5.41) is 10.2. The van der Waals surface area contributed by atoms with Crippen molar-refractivity contribution in [2.45, 2.75) is 19.1 Å². The van der Waals surface area contributed by atoms with Crippen LogP contribution in [0.4, 0.5) is 0 Å². The molecular weight excluding hydrogens is 324 g/mol. The Bertz CT molecular complexity index is 613. The van der Waals surface area contributed by atoms with E-state index < -0.39 is 6.10 Å². The van der Waals surface area contributed by atoms with E-state index in [1.807, 2.05) is 30.3 Å². The predicted molar refractivity (Wildman–Crippen MR) is 105 cm³/mol. The van der Waals surface area contributed by atoms with E-state index in [4.69, 9.17) is 4.74 Å². The molecule has 1 unspecified atom stereocenters. The number of ether oxygens (including phenoxy) is 1. The predicted octanol–water partition coefficient (Wildman–Crippen LogP) is 2.42. The number of β-amino-alcohol motifs (C(OH)–C–C–N with tert-alkyl or cyclic N) is 1. The monoisotopic (exact) mass is 354 g/mol. The van der Waals surface area contributed by atoms with E-state index in [1.165, 1.54) is 5.56 Å². The standard InChI is InChI=1S/C22H30N2O2/c25-22(19-26-18-21-9-5-2-6-10-21)17-24-15-13-23(14-16-24)12-11-20-7-3-1-4-8-20/h1-10,22,25H,11-19H2. The van der Waals surface area contributed by atoms with Gasteiger partial charge < -0.3 is 14.7 Å². The maximum Gasteiger partial charge on any atom is 0.0900 e. The SMILES string of the molecule is OC(COCc1ccccc1)CN1CCN(CCc2ccccc2)CC1. The van der Waals surface area contributed by atoms with Gasteiger partial charge in [0.1, 0.15) is 0 Å². The number of nitrogens with zero attached hydrogens (tertiary/aromatic N) is 2. The van der Waals surface area contributed by atoms with Crippen molar-refractivity contribution in [2.24, 2.45) is 0 Å². The second-order valence-electron chi connectivity index (χ2n) is 7.03. The van der Waals surface area contributed by atoms with Crippen molar-refractivity contribution in [1.82, 2.24) is 9.80 Å². The first-order valence-electron chi connectivity index (χ1n) is 9.58. The molecule has 2 aromatic rings. The molecule has 0 radical (unpaired) electrons. The van der Waals surface area contributed by atoms with Gasteiger partial charge in [-0.3, -0.25) is 4.90 Å². The van der Waals surface area contributed by atoms with E-state index in [9.17, 15) is 5.11 Å². The zero-order valence-corrected chi connectivity index (χ0v) is 15.5. The van der Waals surface area contributed by atoms with Gasteiger partial charge >= 0.3 is 0 Å². The van der Waals surface area contributed by atoms with Crippen LogP contribution >= 0.6 is 0 Å². The first kappa shape index (κ1) is 19.1. The van der Waals surface area contributed by atoms with Gasteiger partial charge in [0.05, 0.1) is 19.3 Å². The van der Waals surface area contributed by atoms with E-state index in [2.05, 4.69) is 40.1 Å². The average molecular weight is 354 g/mol. The zero-order chi connectivity index (χ0) is 18.0. The van der Waals surface area contributed by atoms with Crippen LogP contribution in [0, 0.1) is 0 Å². The van der Waals surface area contributed by atoms with Gasteiger partial charge in [0.25, 0.3) is 0 Å². The van der Waals surface area contributed by atoms with Crippen molar-refractivity contribution in [3.05, 3.63) is 71.8 Å². The van der Waals surface area contributed by atoms with Gasteiger partial charge in [-0.15, -0.1) is 0 Å². The van der Waals surface area contributed by atoms with Crippen molar-refractivity contribution >= 4 is 0 Å². The van der Waals surface area contributed by atoms with Gasteiger partial charge in [-0.05, 0) is 17.5 Å². The molecule has 1 atom stereocenters. The average Bonchev–Trinajstić information content (AvgIpc) is 2.69. The Morgan fingerprint density at radius 1 is 0.808 bits per heavy atom. The van der Waals surface area contributed by atoms with Crippen LogP contribution in [-0.4, -0.2) is 66.9 Å². The summed E-state index contributed by atoms with van der Waals surface area (Å²) in [5.41, 5.74) is 2.55. The highest BCUT2D eigenvalue weighted by molar-refractivity contribution is 5.15. The number of aliphatic hydroxyl groups excluding tert-OH is 1. The number of hydrogen-bond donors (Lipinski definition) is 1. The quantitative estimate of drug-likeness (QED) is 0.750. The van der Waals surface area contributed by atoms with Crippen LogP contribution in [0.3, 0.4) is 0 Å². The number of piperazine rings is 1. The van der Waals surface area contributed by atoms with Crippen molar-refractivity contribution in [1.29, 1.82) is 0 Å². The molecular formula is C22H30N2O2. The van der Waals surface area contributed by atoms with E-state index in [0.29, 0.717) is 19.8 Å². The van der Waals surface area contributed by atoms with E-state index in [0.717, 1.165) is 44.7 Å². The molecule has 4 heteroatoms. The summed E-state index contributed by atoms with van der Waals surface area (Å²) in [6.07, 6.45) is 0.686. The Hall–Kier alpha value is -1.72. The molecule has 0 bridgehead atoms. The first-order valence-corrected chi connectivity index (χ1v) is 9.58. The van der Waals surface area contributed by atoms with Gasteiger partial charge in [-0.25, -0.2) is 0 Å². The van der Waals surface area contributed by atoms with E-state index in [-0.39, 0.29) is 0 Å². The highest BCUT2D eigenvalue weighted by atomic mass is 16.5. The van der Waals surface area contributed by atoms with Crippen LogP contribution in [0.2, 0.25) is 0 Å². The molecule has 1 heterocycles. The van der Waals surface area contributed by atoms with Crippen LogP contribution < -0.4 is 0 Å². The minimum absolute atomic E-state index is 0.392. The fourth-order valence-corrected chi connectivity index (χ4v) is 3.37. The fraction of sp³-hybridized carbons (Fsp3) is 0.455. The number of benzene rings is 2. The van der Waals surface area contributed by atoms with Crippen LogP contribution in [0.15, 0.2) is 60.7 Å². The van der Waals surface area contributed by atoms with Crippen LogP contribution in [-0.2, 0) is 17.8 Å². The van der Waals surface area contributed by atoms with Crippen molar-refractivity contribution in [3.63, 3.8) is 0 Å². The topological polar surface area (TPSA) is 35.9 Å². The van der Waals surface area contributed by atoms with Crippen molar-refractivity contribution in [3.8, 4) is 0 Å². The summed E-state index contributed by atoms with van der Waals surface area (Å²) < 4.78 is 5.64. The molecule has 4 nitrogen and oxygen atoms in total. The maximum absolute atomic E-state index is 10.2. The molecule has 1 aliphatic rings. The molecule has 1 N–H and O–H groups in total. The third-order valence-electron chi connectivity index (χ3n) is 4.92. The highest BCUT2D eigenvalue weighted by Crippen LogP contribution is 2.07. The second kappa shape index (κ2) is 10.4. The summed E-state index contributed by atoms with van der Waals surface area (Å²) in [4.78, 5) is 4.86. The molecule has 3 rings (SSSR count). The molecule has 26 heavy (non-hydrogen) atoms. The Balaban J connectivity index is 1.28. The van der Waals surface area contributed by atoms with Crippen LogP contribution in [0.25, 0.3) is 0 Å². The van der Waals surface area contributed by atoms with Gasteiger partial charge in [-0.2, -0.15) is 0 Å². The summed E-state index contributed by atoms with van der Waals surface area (Å²) in [6, 6.07) is 20.8. The summed E-state index contributed by atoms with van der Waals surface area (Å²) in [7, 11) is 0. The highest BCUT2D eigenvalue weighted by Gasteiger charge is 2.19. The number of aliphatic hydroxyl groups is 1. The molecule has 1 saturated heterocycles. The lowest BCUT2D eigenvalue weighted by molar-refractivity contribution is 0.00151. The molecule has 0 amide bonds. The van der Waals surface area contributed by atoms with Crippen molar-refractivity contribution < 1.29 is 9.84 Å². The fourth-order valence-electron chi connectivity index (χ4n) is 3.37. The third-order valence-corrected chi connectivity index (χ3v) is 4.92. The van der Waals surface area contributed by atoms with Gasteiger partial charge in [0, 0.05) is 39.3 Å². The molecule has 2 aromatic carbocycles. The zero-order valence-electron chi connectivity index (χ0n) is 15.5. The smallest absolute Gasteiger partial charge is 0.0900 e. The van der Waals surface area contributed by atoms with E-state index >= 15 is 0 Å². The Morgan fingerprint density at radius 2 is 1.38 bits per heavy atom. The minimum Gasteiger partial charge on any atom is -0.389 e. The summed E-state index contributed by atoms with van der Waals surface area (Å²) >= 11 is 0. The number of hydrogen-bond acceptors (Lipinski definition) is 4. The lowest BCUT2D eigenvalue weighted by Gasteiger charge is -2.35. The maximum atomic E-state index is 10.2. The summed E-state index contributed by atoms with van der Waals surface area (Å²) in [5.74, 6) is 0. The van der Waals surface area contributed by atoms with Crippen LogP contribution in [0.5, 0.6) is 0 Å². The Kier molecular flexibility index (Phi) is 7.65. The van der Waals surface area contributed by atoms with Gasteiger partial charge in [0.15, 0.2) is 0 Å². The molecule has 0 spiro atoms. The lowest BCUT2D eigenvalue weighted by Crippen LogP contribution is -2.49. The largest absolute Gasteiger partial charge is 0.389 e. The number of rotatable bonds is 9. The summed E-state index contributed by atoms with van der Waals surface area (Å²) in [6.45, 7) is 6.94. The molecule has 0 aromatic heterocycles. The lowest BCUT2D eigenvalue weighted by atomic mass is 10.1. The molecule has 1 aliphatic heterocycles. The third kappa shape index (κ3) is 6.54. The van der Waals surface area contributed by atoms with Gasteiger partial charge in [0.2, 0.25) is 0 Å². The second-order valence-corrected chi connectivity index (χ2v) is 7.03. The Labute approximate surface area is 157 Å². The first-order chi connectivity index (χ1) is 12.8. The molecule has 140 valence electrons. The van der Waals surface area contributed by atoms with Gasteiger partial charge in [-0.1, -0.05) is 60.7 Å². The van der Waals surface area contributed by atoms with Crippen molar-refractivity contribution in [2.75, 3.05) is 45.9 Å². The minimum atomic E-state index is -0.422. The van der Waals surface area contributed by atoms with Crippen LogP contribution in [0.1, 0.15) is 11.1 Å². The normalized spacial score (nSPS) is 17.3. The van der Waals surface area contributed by atoms with E-state index in [1.54, 1.807) is 0 Å².